The standard InChI is InChI=1S/C16H27NO/c1-4-9-15(11-6-5-10-14(2)3)18-16-12-7-8-13-17-16/h7-8,12-15H,4-6,9-11H2,1-3H3. The predicted octanol–water partition coefficient (Wildman–Crippen LogP) is 4.85. The minimum Gasteiger partial charge on any atom is -0.474 e. The van der Waals surface area contributed by atoms with Crippen molar-refractivity contribution in [3.05, 3.63) is 24.4 Å². The minimum atomic E-state index is 0.331. The molecule has 0 spiro atoms. The Hall–Kier alpha value is -1.05. The fourth-order valence-corrected chi connectivity index (χ4v) is 2.10. The number of unbranched alkanes of at least 4 members (excludes halogenated alkanes) is 1. The Morgan fingerprint density at radius 2 is 1.89 bits per heavy atom. The Labute approximate surface area is 112 Å². The number of aromatic nitrogens is 1. The molecule has 1 aromatic rings. The highest BCUT2D eigenvalue weighted by atomic mass is 16.5. The quantitative estimate of drug-likeness (QED) is 0.584. The van der Waals surface area contributed by atoms with Crippen molar-refractivity contribution in [1.82, 2.24) is 4.98 Å². The summed E-state index contributed by atoms with van der Waals surface area (Å²) in [5.74, 6) is 1.58. The van der Waals surface area contributed by atoms with Crippen LogP contribution in [-0.4, -0.2) is 11.1 Å². The van der Waals surface area contributed by atoms with E-state index in [1.54, 1.807) is 6.20 Å². The first kappa shape index (κ1) is 15.0. The molecule has 102 valence electrons. The first-order valence-electron chi connectivity index (χ1n) is 7.30. The van der Waals surface area contributed by atoms with Crippen LogP contribution in [0.25, 0.3) is 0 Å². The summed E-state index contributed by atoms with van der Waals surface area (Å²) in [5, 5.41) is 0. The maximum atomic E-state index is 5.95. The van der Waals surface area contributed by atoms with Gasteiger partial charge in [-0.15, -0.1) is 0 Å². The fourth-order valence-electron chi connectivity index (χ4n) is 2.10. The highest BCUT2D eigenvalue weighted by Gasteiger charge is 2.10. The maximum Gasteiger partial charge on any atom is 0.213 e. The molecule has 0 aliphatic heterocycles. The van der Waals surface area contributed by atoms with Crippen LogP contribution >= 0.6 is 0 Å². The summed E-state index contributed by atoms with van der Waals surface area (Å²) in [5.41, 5.74) is 0. The molecule has 0 aliphatic rings. The summed E-state index contributed by atoms with van der Waals surface area (Å²) < 4.78 is 5.95. The van der Waals surface area contributed by atoms with E-state index in [-0.39, 0.29) is 0 Å². The molecule has 0 aromatic carbocycles. The van der Waals surface area contributed by atoms with E-state index < -0.39 is 0 Å². The van der Waals surface area contributed by atoms with Crippen LogP contribution in [0.5, 0.6) is 5.88 Å². The normalized spacial score (nSPS) is 12.7. The first-order valence-corrected chi connectivity index (χ1v) is 7.30. The van der Waals surface area contributed by atoms with Crippen molar-refractivity contribution in [2.75, 3.05) is 0 Å². The van der Waals surface area contributed by atoms with Crippen LogP contribution in [0.3, 0.4) is 0 Å². The van der Waals surface area contributed by atoms with Gasteiger partial charge in [-0.1, -0.05) is 46.1 Å². The SMILES string of the molecule is CCCC(CCCCC(C)C)Oc1ccccn1. The molecule has 0 aliphatic carbocycles. The summed E-state index contributed by atoms with van der Waals surface area (Å²) in [4.78, 5) is 4.24. The van der Waals surface area contributed by atoms with Crippen LogP contribution < -0.4 is 4.74 Å². The molecule has 2 heteroatoms. The molecule has 18 heavy (non-hydrogen) atoms. The zero-order chi connectivity index (χ0) is 13.2. The highest BCUT2D eigenvalue weighted by Crippen LogP contribution is 2.17. The zero-order valence-corrected chi connectivity index (χ0v) is 12.1. The molecule has 0 saturated carbocycles. The maximum absolute atomic E-state index is 5.95. The summed E-state index contributed by atoms with van der Waals surface area (Å²) in [7, 11) is 0. The highest BCUT2D eigenvalue weighted by molar-refractivity contribution is 5.09. The monoisotopic (exact) mass is 249 g/mol. The molecular weight excluding hydrogens is 222 g/mol. The summed E-state index contributed by atoms with van der Waals surface area (Å²) in [6, 6.07) is 5.84. The smallest absolute Gasteiger partial charge is 0.213 e. The van der Waals surface area contributed by atoms with Gasteiger partial charge in [-0.3, -0.25) is 0 Å². The lowest BCUT2D eigenvalue weighted by Gasteiger charge is -2.18. The van der Waals surface area contributed by atoms with Gasteiger partial charge in [-0.25, -0.2) is 4.98 Å². The number of ether oxygens (including phenoxy) is 1. The van der Waals surface area contributed by atoms with Gasteiger partial charge in [-0.05, 0) is 31.2 Å². The molecule has 0 N–H and O–H groups in total. The number of hydrogen-bond acceptors (Lipinski definition) is 2. The molecule has 0 bridgehead atoms. The van der Waals surface area contributed by atoms with Crippen LogP contribution in [0.4, 0.5) is 0 Å². The fraction of sp³-hybridized carbons (Fsp3) is 0.688. The van der Waals surface area contributed by atoms with E-state index in [2.05, 4.69) is 25.8 Å². The zero-order valence-electron chi connectivity index (χ0n) is 12.1. The molecule has 1 rings (SSSR count). The topological polar surface area (TPSA) is 22.1 Å². The second-order valence-electron chi connectivity index (χ2n) is 5.37. The molecule has 1 unspecified atom stereocenters. The number of pyridine rings is 1. The van der Waals surface area contributed by atoms with Gasteiger partial charge in [-0.2, -0.15) is 0 Å². The summed E-state index contributed by atoms with van der Waals surface area (Å²) in [6.45, 7) is 6.78. The van der Waals surface area contributed by atoms with Crippen molar-refractivity contribution >= 4 is 0 Å². The van der Waals surface area contributed by atoms with Gasteiger partial charge in [0.25, 0.3) is 0 Å². The molecule has 1 atom stereocenters. The lowest BCUT2D eigenvalue weighted by molar-refractivity contribution is 0.168. The van der Waals surface area contributed by atoms with Crippen molar-refractivity contribution in [2.24, 2.45) is 5.92 Å². The van der Waals surface area contributed by atoms with Gasteiger partial charge in [0.2, 0.25) is 5.88 Å². The molecule has 0 saturated heterocycles. The van der Waals surface area contributed by atoms with Gasteiger partial charge < -0.3 is 4.74 Å². The van der Waals surface area contributed by atoms with Crippen molar-refractivity contribution < 1.29 is 4.74 Å². The van der Waals surface area contributed by atoms with Crippen LogP contribution in [-0.2, 0) is 0 Å². The second-order valence-corrected chi connectivity index (χ2v) is 5.37. The first-order chi connectivity index (χ1) is 8.72. The molecule has 0 radical (unpaired) electrons. The third kappa shape index (κ3) is 6.63. The predicted molar refractivity (Wildman–Crippen MR) is 76.9 cm³/mol. The van der Waals surface area contributed by atoms with Crippen molar-refractivity contribution in [3.63, 3.8) is 0 Å². The van der Waals surface area contributed by atoms with E-state index in [1.165, 1.54) is 25.7 Å². The van der Waals surface area contributed by atoms with E-state index >= 15 is 0 Å². The second kappa shape index (κ2) is 8.96. The summed E-state index contributed by atoms with van der Waals surface area (Å²) in [6.07, 6.45) is 9.45. The Bertz CT molecular complexity index is 297. The van der Waals surface area contributed by atoms with Gasteiger partial charge >= 0.3 is 0 Å². The average Bonchev–Trinajstić information content (AvgIpc) is 2.36. The van der Waals surface area contributed by atoms with E-state index in [0.29, 0.717) is 6.10 Å². The number of hydrogen-bond donors (Lipinski definition) is 0. The average molecular weight is 249 g/mol. The van der Waals surface area contributed by atoms with E-state index in [4.69, 9.17) is 4.74 Å². The third-order valence-corrected chi connectivity index (χ3v) is 3.09. The molecule has 2 nitrogen and oxygen atoms in total. The van der Waals surface area contributed by atoms with Crippen LogP contribution in [0, 0.1) is 5.92 Å². The van der Waals surface area contributed by atoms with Crippen molar-refractivity contribution in [2.45, 2.75) is 65.4 Å². The molecular formula is C16H27NO. The number of nitrogens with zero attached hydrogens (tertiary/aromatic N) is 1. The number of rotatable bonds is 9. The largest absolute Gasteiger partial charge is 0.474 e. The van der Waals surface area contributed by atoms with Crippen molar-refractivity contribution in [3.8, 4) is 5.88 Å². The molecule has 0 fully saturated rings. The van der Waals surface area contributed by atoms with Crippen LogP contribution in [0.2, 0.25) is 0 Å². The van der Waals surface area contributed by atoms with Crippen LogP contribution in [0.15, 0.2) is 24.4 Å². The Balaban J connectivity index is 2.31. The van der Waals surface area contributed by atoms with Gasteiger partial charge in [0, 0.05) is 12.3 Å². The Kier molecular flexibility index (Phi) is 7.47. The van der Waals surface area contributed by atoms with Crippen LogP contribution in [0.1, 0.15) is 59.3 Å². The summed E-state index contributed by atoms with van der Waals surface area (Å²) >= 11 is 0. The lowest BCUT2D eigenvalue weighted by atomic mass is 10.0. The van der Waals surface area contributed by atoms with E-state index in [1.807, 2.05) is 18.2 Å². The Morgan fingerprint density at radius 1 is 1.11 bits per heavy atom. The van der Waals surface area contributed by atoms with Gasteiger partial charge in [0.1, 0.15) is 6.10 Å². The van der Waals surface area contributed by atoms with Gasteiger partial charge in [0.05, 0.1) is 0 Å². The van der Waals surface area contributed by atoms with E-state index in [0.717, 1.165) is 24.6 Å². The molecule has 1 heterocycles. The minimum absolute atomic E-state index is 0.331. The molecule has 0 amide bonds. The van der Waals surface area contributed by atoms with Crippen molar-refractivity contribution in [1.29, 1.82) is 0 Å². The lowest BCUT2D eigenvalue weighted by Crippen LogP contribution is -2.16. The third-order valence-electron chi connectivity index (χ3n) is 3.09. The van der Waals surface area contributed by atoms with Gasteiger partial charge in [0.15, 0.2) is 0 Å². The molecule has 1 aromatic heterocycles. The van der Waals surface area contributed by atoms with E-state index in [9.17, 15) is 0 Å². The Morgan fingerprint density at radius 3 is 2.50 bits per heavy atom.